The highest BCUT2D eigenvalue weighted by atomic mass is 35.5. The average Bonchev–Trinajstić information content (AvgIpc) is 2.60. The van der Waals surface area contributed by atoms with Crippen LogP contribution in [0.2, 0.25) is 5.02 Å². The van der Waals surface area contributed by atoms with Crippen molar-refractivity contribution < 1.29 is 13.2 Å². The minimum atomic E-state index is -3.57. The van der Waals surface area contributed by atoms with Crippen molar-refractivity contribution in [1.82, 2.24) is 9.55 Å². The Hall–Kier alpha value is -2.59. The van der Waals surface area contributed by atoms with Gasteiger partial charge in [-0.25, -0.2) is 13.2 Å². The van der Waals surface area contributed by atoms with Gasteiger partial charge in [-0.1, -0.05) is 24.9 Å². The molecule has 1 amide bonds. The van der Waals surface area contributed by atoms with Gasteiger partial charge in [0.15, 0.2) is 15.5 Å². The SMILES string of the molecule is CCCCn1c(N)c(N(C)C(=O)c2cc(S(C)(=O)=O)ccc2Cl)c(=O)[nH]c1=O. The number of hydrogen-bond acceptors (Lipinski definition) is 6. The minimum Gasteiger partial charge on any atom is -0.383 e. The summed E-state index contributed by atoms with van der Waals surface area (Å²) in [7, 11) is -2.28. The molecule has 0 radical (unpaired) electrons. The number of nitrogen functional groups attached to an aromatic ring is 1. The maximum absolute atomic E-state index is 12.9. The molecule has 0 saturated carbocycles. The number of unbranched alkanes of at least 4 members (excludes halogenated alkanes) is 1. The molecule has 2 aromatic rings. The molecule has 9 nitrogen and oxygen atoms in total. The molecule has 0 fully saturated rings. The summed E-state index contributed by atoms with van der Waals surface area (Å²) in [6, 6.07) is 3.70. The lowest BCUT2D eigenvalue weighted by Crippen LogP contribution is -2.39. The molecule has 152 valence electrons. The summed E-state index contributed by atoms with van der Waals surface area (Å²) in [5.74, 6) is -0.901. The zero-order valence-electron chi connectivity index (χ0n) is 15.7. The first-order valence-corrected chi connectivity index (χ1v) is 10.7. The van der Waals surface area contributed by atoms with Crippen LogP contribution in [0.25, 0.3) is 0 Å². The molecule has 0 atom stereocenters. The lowest BCUT2D eigenvalue weighted by atomic mass is 10.2. The van der Waals surface area contributed by atoms with E-state index in [2.05, 4.69) is 4.98 Å². The third-order valence-electron chi connectivity index (χ3n) is 4.19. The van der Waals surface area contributed by atoms with Crippen molar-refractivity contribution in [1.29, 1.82) is 0 Å². The summed E-state index contributed by atoms with van der Waals surface area (Å²) in [5.41, 5.74) is 4.16. The van der Waals surface area contributed by atoms with Crippen LogP contribution in [-0.4, -0.2) is 37.2 Å². The minimum absolute atomic E-state index is 0.0126. The molecule has 11 heteroatoms. The third kappa shape index (κ3) is 4.28. The van der Waals surface area contributed by atoms with Gasteiger partial charge in [0, 0.05) is 19.8 Å². The van der Waals surface area contributed by atoms with Gasteiger partial charge in [-0.05, 0) is 24.6 Å². The molecular formula is C17H21ClN4O5S. The number of halogens is 1. The van der Waals surface area contributed by atoms with Crippen molar-refractivity contribution in [3.05, 3.63) is 49.6 Å². The first-order chi connectivity index (χ1) is 13.0. The second-order valence-electron chi connectivity index (χ2n) is 6.28. The van der Waals surface area contributed by atoms with E-state index in [1.54, 1.807) is 0 Å². The smallest absolute Gasteiger partial charge is 0.330 e. The Morgan fingerprint density at radius 1 is 1.32 bits per heavy atom. The number of aromatic amines is 1. The Bertz CT molecular complexity index is 1140. The number of carbonyl (C=O) groups excluding carboxylic acids is 1. The number of sulfone groups is 1. The summed E-state index contributed by atoms with van der Waals surface area (Å²) >= 11 is 6.06. The van der Waals surface area contributed by atoms with Crippen LogP contribution >= 0.6 is 11.6 Å². The number of nitrogens with one attached hydrogen (secondary N) is 1. The molecule has 0 unspecified atom stereocenters. The number of benzene rings is 1. The molecule has 0 saturated heterocycles. The maximum atomic E-state index is 12.9. The van der Waals surface area contributed by atoms with E-state index in [1.807, 2.05) is 6.92 Å². The number of aromatic nitrogens is 2. The Morgan fingerprint density at radius 3 is 2.54 bits per heavy atom. The van der Waals surface area contributed by atoms with E-state index >= 15 is 0 Å². The third-order valence-corrected chi connectivity index (χ3v) is 5.63. The fourth-order valence-electron chi connectivity index (χ4n) is 2.62. The molecule has 1 aromatic heterocycles. The van der Waals surface area contributed by atoms with Crippen molar-refractivity contribution in [3.8, 4) is 0 Å². The van der Waals surface area contributed by atoms with Gasteiger partial charge in [0.2, 0.25) is 0 Å². The first-order valence-electron chi connectivity index (χ1n) is 8.39. The predicted molar refractivity (Wildman–Crippen MR) is 108 cm³/mol. The van der Waals surface area contributed by atoms with Gasteiger partial charge in [-0.15, -0.1) is 0 Å². The van der Waals surface area contributed by atoms with Crippen LogP contribution in [0.3, 0.4) is 0 Å². The fourth-order valence-corrected chi connectivity index (χ4v) is 3.47. The second kappa shape index (κ2) is 8.19. The van der Waals surface area contributed by atoms with Gasteiger partial charge in [-0.3, -0.25) is 19.1 Å². The van der Waals surface area contributed by atoms with Gasteiger partial charge in [0.05, 0.1) is 15.5 Å². The van der Waals surface area contributed by atoms with Crippen LogP contribution in [0.1, 0.15) is 30.1 Å². The zero-order valence-corrected chi connectivity index (χ0v) is 17.2. The number of anilines is 2. The maximum Gasteiger partial charge on any atom is 0.330 e. The Balaban J connectivity index is 2.58. The molecule has 0 aliphatic carbocycles. The number of amides is 1. The van der Waals surface area contributed by atoms with E-state index in [9.17, 15) is 22.8 Å². The Kier molecular flexibility index (Phi) is 6.35. The van der Waals surface area contributed by atoms with Gasteiger partial charge in [0.1, 0.15) is 5.82 Å². The van der Waals surface area contributed by atoms with Crippen molar-refractivity contribution in [2.24, 2.45) is 0 Å². The average molecular weight is 429 g/mol. The Morgan fingerprint density at radius 2 is 1.96 bits per heavy atom. The second-order valence-corrected chi connectivity index (χ2v) is 8.70. The van der Waals surface area contributed by atoms with Crippen LogP contribution in [0.5, 0.6) is 0 Å². The molecule has 2 rings (SSSR count). The van der Waals surface area contributed by atoms with Crippen LogP contribution in [-0.2, 0) is 16.4 Å². The van der Waals surface area contributed by atoms with Crippen LogP contribution in [0, 0.1) is 0 Å². The lowest BCUT2D eigenvalue weighted by molar-refractivity contribution is 0.0992. The van der Waals surface area contributed by atoms with Gasteiger partial charge < -0.3 is 10.6 Å². The quantitative estimate of drug-likeness (QED) is 0.710. The van der Waals surface area contributed by atoms with Crippen LogP contribution in [0.4, 0.5) is 11.5 Å². The van der Waals surface area contributed by atoms with Crippen molar-refractivity contribution in [2.45, 2.75) is 31.2 Å². The van der Waals surface area contributed by atoms with E-state index in [1.165, 1.54) is 23.7 Å². The van der Waals surface area contributed by atoms with Crippen molar-refractivity contribution >= 4 is 38.9 Å². The topological polar surface area (TPSA) is 135 Å². The molecule has 1 heterocycles. The van der Waals surface area contributed by atoms with E-state index in [4.69, 9.17) is 17.3 Å². The number of nitrogens with two attached hydrogens (primary N) is 1. The molecule has 0 bridgehead atoms. The number of rotatable bonds is 6. The molecule has 28 heavy (non-hydrogen) atoms. The van der Waals surface area contributed by atoms with Crippen molar-refractivity contribution in [2.75, 3.05) is 23.9 Å². The molecule has 0 aliphatic rings. The molecular weight excluding hydrogens is 408 g/mol. The predicted octanol–water partition coefficient (Wildman–Crippen LogP) is 1.25. The zero-order chi connectivity index (χ0) is 21.2. The van der Waals surface area contributed by atoms with E-state index < -0.39 is 27.0 Å². The van der Waals surface area contributed by atoms with Gasteiger partial charge in [-0.2, -0.15) is 0 Å². The Labute approximate surface area is 166 Å². The molecule has 1 aromatic carbocycles. The van der Waals surface area contributed by atoms with E-state index in [-0.39, 0.29) is 33.5 Å². The number of H-pyrrole nitrogens is 1. The summed E-state index contributed by atoms with van der Waals surface area (Å²) in [4.78, 5) is 40.2. The normalized spacial score (nSPS) is 11.4. The number of nitrogens with zero attached hydrogens (tertiary/aromatic N) is 2. The molecule has 0 aliphatic heterocycles. The van der Waals surface area contributed by atoms with E-state index in [0.717, 1.165) is 23.6 Å². The van der Waals surface area contributed by atoms with Gasteiger partial charge >= 0.3 is 5.69 Å². The highest BCUT2D eigenvalue weighted by Crippen LogP contribution is 2.24. The largest absolute Gasteiger partial charge is 0.383 e. The molecule has 3 N–H and O–H groups in total. The van der Waals surface area contributed by atoms with Crippen LogP contribution in [0.15, 0.2) is 32.7 Å². The van der Waals surface area contributed by atoms with Crippen molar-refractivity contribution in [3.63, 3.8) is 0 Å². The number of carbonyl (C=O) groups is 1. The summed E-state index contributed by atoms with van der Waals surface area (Å²) in [6.45, 7) is 2.21. The van der Waals surface area contributed by atoms with Gasteiger partial charge in [0.25, 0.3) is 11.5 Å². The first kappa shape index (κ1) is 21.7. The monoisotopic (exact) mass is 428 g/mol. The summed E-state index contributed by atoms with van der Waals surface area (Å²) in [5, 5.41) is 0.0126. The van der Waals surface area contributed by atoms with Crippen LogP contribution < -0.4 is 21.9 Å². The highest BCUT2D eigenvalue weighted by molar-refractivity contribution is 7.90. The number of hydrogen-bond donors (Lipinski definition) is 2. The van der Waals surface area contributed by atoms with E-state index in [0.29, 0.717) is 6.42 Å². The fraction of sp³-hybridized carbons (Fsp3) is 0.353. The summed E-state index contributed by atoms with van der Waals surface area (Å²) < 4.78 is 24.7. The molecule has 0 spiro atoms. The summed E-state index contributed by atoms with van der Waals surface area (Å²) in [6.07, 6.45) is 2.44. The standard InChI is InChI=1S/C17H21ClN4O5S/c1-4-5-8-22-14(19)13(15(23)20-17(22)25)21(2)16(24)11-9-10(28(3,26)27)6-7-12(11)18/h6-7,9H,4-5,8,19H2,1-3H3,(H,20,23,25). The highest BCUT2D eigenvalue weighted by Gasteiger charge is 2.24. The lowest BCUT2D eigenvalue weighted by Gasteiger charge is -2.21.